The van der Waals surface area contributed by atoms with Gasteiger partial charge in [-0.2, -0.15) is 0 Å². The molecule has 0 aliphatic rings. The maximum atomic E-state index is 13.4. The summed E-state index contributed by atoms with van der Waals surface area (Å²) in [5, 5.41) is 0. The second kappa shape index (κ2) is 5.79. The van der Waals surface area contributed by atoms with Gasteiger partial charge in [0.1, 0.15) is 5.82 Å². The van der Waals surface area contributed by atoms with E-state index in [1.54, 1.807) is 11.3 Å². The minimum atomic E-state index is -0.250. The third-order valence-electron chi connectivity index (χ3n) is 2.51. The van der Waals surface area contributed by atoms with E-state index in [0.717, 1.165) is 24.3 Å². The van der Waals surface area contributed by atoms with Crippen LogP contribution in [0.3, 0.4) is 0 Å². The van der Waals surface area contributed by atoms with Crippen molar-refractivity contribution in [1.29, 1.82) is 0 Å². The average Bonchev–Trinajstić information content (AvgIpc) is 2.58. The van der Waals surface area contributed by atoms with Gasteiger partial charge in [0.15, 0.2) is 0 Å². The molecule has 96 valence electrons. The summed E-state index contributed by atoms with van der Waals surface area (Å²) in [6.07, 6.45) is 0. The minimum Gasteiger partial charge on any atom is -0.271 e. The maximum Gasteiger partial charge on any atom is 0.123 e. The van der Waals surface area contributed by atoms with Gasteiger partial charge in [-0.05, 0) is 68.1 Å². The molecule has 0 fully saturated rings. The molecule has 0 saturated carbocycles. The van der Waals surface area contributed by atoms with Gasteiger partial charge in [0.2, 0.25) is 0 Å². The van der Waals surface area contributed by atoms with Gasteiger partial charge in [0.05, 0.1) is 9.83 Å². The van der Waals surface area contributed by atoms with Crippen molar-refractivity contribution < 1.29 is 4.39 Å². The standard InChI is InChI=1S/C12H11Br2FN2S/c1-6-2-7(4-8(15)3-6)11(17-16)10-5-9(13)12(14)18-10/h2-5,11,17H,16H2,1H3. The number of rotatable bonds is 3. The highest BCUT2D eigenvalue weighted by molar-refractivity contribution is 9.13. The third-order valence-corrected chi connectivity index (χ3v) is 5.83. The Hall–Kier alpha value is -0.270. The molecular formula is C12H11Br2FN2S. The fourth-order valence-corrected chi connectivity index (χ4v) is 3.96. The number of hydrogen-bond donors (Lipinski definition) is 2. The smallest absolute Gasteiger partial charge is 0.123 e. The summed E-state index contributed by atoms with van der Waals surface area (Å²) >= 11 is 8.44. The van der Waals surface area contributed by atoms with E-state index < -0.39 is 0 Å². The number of aryl methyl sites for hydroxylation is 1. The van der Waals surface area contributed by atoms with Crippen LogP contribution >= 0.6 is 43.2 Å². The molecule has 1 heterocycles. The first-order valence-corrected chi connectivity index (χ1v) is 7.59. The average molecular weight is 394 g/mol. The van der Waals surface area contributed by atoms with Gasteiger partial charge in [0.25, 0.3) is 0 Å². The predicted molar refractivity (Wildman–Crippen MR) is 80.0 cm³/mol. The van der Waals surface area contributed by atoms with E-state index in [9.17, 15) is 4.39 Å². The molecule has 1 atom stereocenters. The predicted octanol–water partition coefficient (Wildman–Crippen LogP) is 4.27. The van der Waals surface area contributed by atoms with Gasteiger partial charge < -0.3 is 0 Å². The monoisotopic (exact) mass is 392 g/mol. The first-order chi connectivity index (χ1) is 8.51. The Balaban J connectivity index is 2.44. The highest BCUT2D eigenvalue weighted by atomic mass is 79.9. The van der Waals surface area contributed by atoms with Crippen LogP contribution < -0.4 is 11.3 Å². The normalized spacial score (nSPS) is 12.7. The second-order valence-electron chi connectivity index (χ2n) is 3.93. The molecule has 0 saturated heterocycles. The molecule has 3 N–H and O–H groups in total. The van der Waals surface area contributed by atoms with Crippen molar-refractivity contribution >= 4 is 43.2 Å². The van der Waals surface area contributed by atoms with Crippen molar-refractivity contribution in [2.45, 2.75) is 13.0 Å². The van der Waals surface area contributed by atoms with Crippen LogP contribution in [0.2, 0.25) is 0 Å². The molecule has 0 aliphatic heterocycles. The van der Waals surface area contributed by atoms with Crippen LogP contribution in [0.5, 0.6) is 0 Å². The summed E-state index contributed by atoms with van der Waals surface area (Å²) in [6.45, 7) is 1.86. The maximum absolute atomic E-state index is 13.4. The lowest BCUT2D eigenvalue weighted by molar-refractivity contribution is 0.607. The van der Waals surface area contributed by atoms with Crippen LogP contribution in [0.25, 0.3) is 0 Å². The highest BCUT2D eigenvalue weighted by Crippen LogP contribution is 2.37. The largest absolute Gasteiger partial charge is 0.271 e. The van der Waals surface area contributed by atoms with Crippen LogP contribution in [0.15, 0.2) is 32.5 Å². The SMILES string of the molecule is Cc1cc(F)cc(C(NN)c2cc(Br)c(Br)s2)c1. The van der Waals surface area contributed by atoms with Crippen molar-refractivity contribution in [3.8, 4) is 0 Å². The van der Waals surface area contributed by atoms with Crippen LogP contribution in [-0.4, -0.2) is 0 Å². The molecule has 2 rings (SSSR count). The molecule has 1 aromatic heterocycles. The first-order valence-electron chi connectivity index (χ1n) is 5.19. The molecule has 6 heteroatoms. The van der Waals surface area contributed by atoms with Crippen molar-refractivity contribution in [3.05, 3.63) is 54.3 Å². The van der Waals surface area contributed by atoms with E-state index in [0.29, 0.717) is 0 Å². The summed E-state index contributed by atoms with van der Waals surface area (Å²) in [7, 11) is 0. The van der Waals surface area contributed by atoms with Crippen LogP contribution in [0, 0.1) is 12.7 Å². The topological polar surface area (TPSA) is 38.0 Å². The zero-order valence-electron chi connectivity index (χ0n) is 9.51. The number of benzene rings is 1. The second-order valence-corrected chi connectivity index (χ2v) is 7.19. The van der Waals surface area contributed by atoms with E-state index in [2.05, 4.69) is 37.3 Å². The first kappa shape index (κ1) is 14.1. The van der Waals surface area contributed by atoms with Crippen molar-refractivity contribution in [2.24, 2.45) is 5.84 Å². The Morgan fingerprint density at radius 3 is 2.50 bits per heavy atom. The number of hydrazine groups is 1. The molecule has 2 nitrogen and oxygen atoms in total. The van der Waals surface area contributed by atoms with Crippen molar-refractivity contribution in [2.75, 3.05) is 0 Å². The summed E-state index contributed by atoms with van der Waals surface area (Å²) < 4.78 is 15.4. The van der Waals surface area contributed by atoms with Crippen LogP contribution in [0.1, 0.15) is 22.0 Å². The van der Waals surface area contributed by atoms with Crippen molar-refractivity contribution in [3.63, 3.8) is 0 Å². The van der Waals surface area contributed by atoms with E-state index in [-0.39, 0.29) is 11.9 Å². The molecule has 1 unspecified atom stereocenters. The Morgan fingerprint density at radius 1 is 1.28 bits per heavy atom. The van der Waals surface area contributed by atoms with Gasteiger partial charge in [-0.25, -0.2) is 9.82 Å². The van der Waals surface area contributed by atoms with E-state index >= 15 is 0 Å². The van der Waals surface area contributed by atoms with Gasteiger partial charge in [-0.3, -0.25) is 5.84 Å². The zero-order chi connectivity index (χ0) is 13.3. The Labute approximate surface area is 126 Å². The lowest BCUT2D eigenvalue weighted by Crippen LogP contribution is -2.28. The van der Waals surface area contributed by atoms with Gasteiger partial charge >= 0.3 is 0 Å². The molecule has 18 heavy (non-hydrogen) atoms. The number of nitrogens with one attached hydrogen (secondary N) is 1. The molecular weight excluding hydrogens is 383 g/mol. The van der Waals surface area contributed by atoms with Crippen molar-refractivity contribution in [1.82, 2.24) is 5.43 Å². The number of halogens is 3. The summed E-state index contributed by atoms with van der Waals surface area (Å²) in [6, 6.07) is 6.68. The minimum absolute atomic E-state index is 0.216. The lowest BCUT2D eigenvalue weighted by atomic mass is 10.0. The van der Waals surface area contributed by atoms with E-state index in [1.807, 2.05) is 19.1 Å². The lowest BCUT2D eigenvalue weighted by Gasteiger charge is -2.15. The Kier molecular flexibility index (Phi) is 4.55. The van der Waals surface area contributed by atoms with E-state index in [4.69, 9.17) is 5.84 Å². The van der Waals surface area contributed by atoms with Crippen LogP contribution in [0.4, 0.5) is 4.39 Å². The molecule has 0 amide bonds. The third kappa shape index (κ3) is 3.00. The van der Waals surface area contributed by atoms with Gasteiger partial charge in [-0.1, -0.05) is 6.07 Å². The molecule has 0 bridgehead atoms. The number of hydrogen-bond acceptors (Lipinski definition) is 3. The van der Waals surface area contributed by atoms with E-state index in [1.165, 1.54) is 12.1 Å². The molecule has 0 radical (unpaired) electrons. The Morgan fingerprint density at radius 2 is 2.00 bits per heavy atom. The summed E-state index contributed by atoms with van der Waals surface area (Å²) in [5.74, 6) is 5.35. The Bertz CT molecular complexity index is 531. The molecule has 2 aromatic rings. The summed E-state index contributed by atoms with van der Waals surface area (Å²) in [5.41, 5.74) is 4.42. The van der Waals surface area contributed by atoms with Gasteiger partial charge in [-0.15, -0.1) is 11.3 Å². The van der Waals surface area contributed by atoms with Gasteiger partial charge in [0, 0.05) is 9.35 Å². The fraction of sp³-hybridized carbons (Fsp3) is 0.167. The zero-order valence-corrected chi connectivity index (χ0v) is 13.5. The fourth-order valence-electron chi connectivity index (χ4n) is 1.78. The molecule has 1 aromatic carbocycles. The number of nitrogens with two attached hydrogens (primary N) is 1. The quantitative estimate of drug-likeness (QED) is 0.603. The molecule has 0 spiro atoms. The van der Waals surface area contributed by atoms with Crippen LogP contribution in [-0.2, 0) is 0 Å². The summed E-state index contributed by atoms with van der Waals surface area (Å²) in [4.78, 5) is 1.02. The highest BCUT2D eigenvalue weighted by Gasteiger charge is 2.17. The number of thiophene rings is 1. The molecule has 0 aliphatic carbocycles.